The minimum absolute atomic E-state index is 0.0630. The van der Waals surface area contributed by atoms with Gasteiger partial charge in [-0.05, 0) is 44.7 Å². The molecule has 1 N–H and O–H groups in total. The number of amides is 2. The first-order valence-corrected chi connectivity index (χ1v) is 10.7. The molecule has 0 fully saturated rings. The molecule has 10 heteroatoms. The molecule has 176 valence electrons. The van der Waals surface area contributed by atoms with E-state index in [4.69, 9.17) is 9.47 Å². The van der Waals surface area contributed by atoms with Crippen LogP contribution in [0.2, 0.25) is 0 Å². The van der Waals surface area contributed by atoms with Crippen molar-refractivity contribution in [2.45, 2.75) is 19.4 Å². The molecule has 1 atom stereocenters. The lowest BCUT2D eigenvalue weighted by Gasteiger charge is -2.26. The number of nitrogens with zero attached hydrogens (tertiary/aromatic N) is 5. The lowest BCUT2D eigenvalue weighted by Crippen LogP contribution is -2.41. The maximum Gasteiger partial charge on any atom is 0.253 e. The second-order valence-corrected chi connectivity index (χ2v) is 7.46. The fourth-order valence-electron chi connectivity index (χ4n) is 3.23. The number of rotatable bonds is 13. The summed E-state index contributed by atoms with van der Waals surface area (Å²) in [4.78, 5) is 33.3. The van der Waals surface area contributed by atoms with E-state index in [0.29, 0.717) is 56.4 Å². The van der Waals surface area contributed by atoms with E-state index in [0.717, 1.165) is 0 Å². The van der Waals surface area contributed by atoms with Crippen molar-refractivity contribution in [2.75, 3.05) is 54.1 Å². The molecule has 2 amide bonds. The highest BCUT2D eigenvalue weighted by molar-refractivity contribution is 5.94. The number of carbonyl (C=O) groups is 2. The molecule has 0 spiro atoms. The Hall–Kier alpha value is -2.98. The SMILES string of the molecule is CCOCCNC(=O)C(c1ncn(C)n1)N(C)CCCN(C)C(=O)c1ccc(OC)cc1. The summed E-state index contributed by atoms with van der Waals surface area (Å²) < 4.78 is 12.0. The van der Waals surface area contributed by atoms with Crippen molar-refractivity contribution >= 4 is 11.8 Å². The normalized spacial score (nSPS) is 11.9. The maximum atomic E-state index is 12.8. The molecular weight excluding hydrogens is 412 g/mol. The van der Waals surface area contributed by atoms with E-state index in [2.05, 4.69) is 15.4 Å². The van der Waals surface area contributed by atoms with E-state index in [1.165, 1.54) is 0 Å². The number of benzene rings is 1. The van der Waals surface area contributed by atoms with Crippen LogP contribution >= 0.6 is 0 Å². The monoisotopic (exact) mass is 446 g/mol. The Bertz CT molecular complexity index is 854. The fourth-order valence-corrected chi connectivity index (χ4v) is 3.23. The molecule has 10 nitrogen and oxygen atoms in total. The first-order chi connectivity index (χ1) is 15.4. The molecule has 1 heterocycles. The molecule has 0 saturated heterocycles. The van der Waals surface area contributed by atoms with Crippen molar-refractivity contribution < 1.29 is 19.1 Å². The van der Waals surface area contributed by atoms with Crippen molar-refractivity contribution in [2.24, 2.45) is 7.05 Å². The van der Waals surface area contributed by atoms with Gasteiger partial charge in [0.1, 0.15) is 12.1 Å². The largest absolute Gasteiger partial charge is 0.497 e. The summed E-state index contributed by atoms with van der Waals surface area (Å²) >= 11 is 0. The van der Waals surface area contributed by atoms with Crippen molar-refractivity contribution in [3.8, 4) is 5.75 Å². The second-order valence-electron chi connectivity index (χ2n) is 7.46. The van der Waals surface area contributed by atoms with Gasteiger partial charge in [0.05, 0.1) is 13.7 Å². The number of hydrogen-bond donors (Lipinski definition) is 1. The van der Waals surface area contributed by atoms with Crippen molar-refractivity contribution in [3.05, 3.63) is 42.0 Å². The molecule has 2 rings (SSSR count). The number of hydrogen-bond acceptors (Lipinski definition) is 7. The zero-order chi connectivity index (χ0) is 23.5. The number of nitrogens with one attached hydrogen (secondary N) is 1. The van der Waals surface area contributed by atoms with E-state index < -0.39 is 6.04 Å². The molecule has 0 aliphatic carbocycles. The van der Waals surface area contributed by atoms with Gasteiger partial charge < -0.3 is 19.7 Å². The number of aromatic nitrogens is 3. The van der Waals surface area contributed by atoms with E-state index in [1.807, 2.05) is 18.9 Å². The first kappa shape index (κ1) is 25.3. The van der Waals surface area contributed by atoms with Gasteiger partial charge in [0.15, 0.2) is 11.9 Å². The van der Waals surface area contributed by atoms with Crippen LogP contribution in [0.25, 0.3) is 0 Å². The quantitative estimate of drug-likeness (QED) is 0.460. The van der Waals surface area contributed by atoms with Gasteiger partial charge in [-0.3, -0.25) is 19.2 Å². The molecule has 0 bridgehead atoms. The lowest BCUT2D eigenvalue weighted by molar-refractivity contribution is -0.126. The van der Waals surface area contributed by atoms with Crippen LogP contribution in [0.5, 0.6) is 5.75 Å². The summed E-state index contributed by atoms with van der Waals surface area (Å²) in [6.07, 6.45) is 2.26. The van der Waals surface area contributed by atoms with Crippen LogP contribution < -0.4 is 10.1 Å². The zero-order valence-electron chi connectivity index (χ0n) is 19.6. The Morgan fingerprint density at radius 2 is 1.91 bits per heavy atom. The highest BCUT2D eigenvalue weighted by Gasteiger charge is 2.28. The average molecular weight is 447 g/mol. The van der Waals surface area contributed by atoms with Gasteiger partial charge >= 0.3 is 0 Å². The third-order valence-corrected chi connectivity index (χ3v) is 4.99. The van der Waals surface area contributed by atoms with Gasteiger partial charge in [-0.1, -0.05) is 0 Å². The van der Waals surface area contributed by atoms with Crippen LogP contribution in [0.4, 0.5) is 0 Å². The average Bonchev–Trinajstić information content (AvgIpc) is 3.21. The Balaban J connectivity index is 1.92. The molecular formula is C22H34N6O4. The summed E-state index contributed by atoms with van der Waals surface area (Å²) in [6.45, 7) is 4.51. The standard InChI is InChI=1S/C22H34N6O4/c1-6-32-15-12-23-21(29)19(20-24-16-28(4)25-20)26(2)13-7-14-27(3)22(30)17-8-10-18(31-5)11-9-17/h8-11,16,19H,6-7,12-15H2,1-5H3,(H,23,29). The minimum atomic E-state index is -0.625. The topological polar surface area (TPSA) is 102 Å². The molecule has 0 saturated carbocycles. The van der Waals surface area contributed by atoms with Crippen molar-refractivity contribution in [1.29, 1.82) is 0 Å². The molecule has 1 aromatic heterocycles. The maximum absolute atomic E-state index is 12.8. The van der Waals surface area contributed by atoms with Gasteiger partial charge in [-0.25, -0.2) is 4.98 Å². The first-order valence-electron chi connectivity index (χ1n) is 10.7. The summed E-state index contributed by atoms with van der Waals surface area (Å²) in [6, 6.07) is 6.41. The van der Waals surface area contributed by atoms with Gasteiger partial charge in [-0.15, -0.1) is 0 Å². The van der Waals surface area contributed by atoms with Gasteiger partial charge in [0, 0.05) is 45.9 Å². The van der Waals surface area contributed by atoms with E-state index in [1.54, 1.807) is 61.4 Å². The van der Waals surface area contributed by atoms with Crippen LogP contribution in [0.1, 0.15) is 35.6 Å². The number of ether oxygens (including phenoxy) is 2. The number of aryl methyl sites for hydroxylation is 1. The highest BCUT2D eigenvalue weighted by atomic mass is 16.5. The third kappa shape index (κ3) is 7.31. The van der Waals surface area contributed by atoms with Crippen LogP contribution in [-0.4, -0.2) is 90.4 Å². The fraction of sp³-hybridized carbons (Fsp3) is 0.545. The van der Waals surface area contributed by atoms with Gasteiger partial charge in [0.2, 0.25) is 5.91 Å². The number of likely N-dealkylation sites (N-methyl/N-ethyl adjacent to an activating group) is 1. The van der Waals surface area contributed by atoms with Crippen molar-refractivity contribution in [1.82, 2.24) is 29.9 Å². The Morgan fingerprint density at radius 1 is 1.19 bits per heavy atom. The van der Waals surface area contributed by atoms with Crippen LogP contribution in [-0.2, 0) is 16.6 Å². The van der Waals surface area contributed by atoms with Crippen molar-refractivity contribution in [3.63, 3.8) is 0 Å². The predicted octanol–water partition coefficient (Wildman–Crippen LogP) is 1.11. The minimum Gasteiger partial charge on any atom is -0.497 e. The van der Waals surface area contributed by atoms with Crippen LogP contribution in [0, 0.1) is 0 Å². The molecule has 0 aliphatic heterocycles. The van der Waals surface area contributed by atoms with Crippen LogP contribution in [0.3, 0.4) is 0 Å². The van der Waals surface area contributed by atoms with E-state index >= 15 is 0 Å². The smallest absolute Gasteiger partial charge is 0.253 e. The van der Waals surface area contributed by atoms with E-state index in [-0.39, 0.29) is 11.8 Å². The molecule has 0 aliphatic rings. The Labute approximate surface area is 189 Å². The molecule has 32 heavy (non-hydrogen) atoms. The summed E-state index contributed by atoms with van der Waals surface area (Å²) in [5.74, 6) is 0.902. The van der Waals surface area contributed by atoms with Gasteiger partial charge in [0.25, 0.3) is 5.91 Å². The Morgan fingerprint density at radius 3 is 2.50 bits per heavy atom. The third-order valence-electron chi connectivity index (χ3n) is 4.99. The Kier molecular flexibility index (Phi) is 10.1. The highest BCUT2D eigenvalue weighted by Crippen LogP contribution is 2.17. The summed E-state index contributed by atoms with van der Waals surface area (Å²) in [7, 11) is 6.98. The van der Waals surface area contributed by atoms with Crippen LogP contribution in [0.15, 0.2) is 30.6 Å². The number of carbonyl (C=O) groups excluding carboxylic acids is 2. The summed E-state index contributed by atoms with van der Waals surface area (Å²) in [5.41, 5.74) is 0.603. The number of methoxy groups -OCH3 is 1. The molecule has 1 unspecified atom stereocenters. The lowest BCUT2D eigenvalue weighted by atomic mass is 10.2. The van der Waals surface area contributed by atoms with E-state index in [9.17, 15) is 9.59 Å². The predicted molar refractivity (Wildman–Crippen MR) is 120 cm³/mol. The molecule has 2 aromatic rings. The molecule has 0 radical (unpaired) electrons. The summed E-state index contributed by atoms with van der Waals surface area (Å²) in [5, 5.41) is 7.20. The van der Waals surface area contributed by atoms with Gasteiger partial charge in [-0.2, -0.15) is 5.10 Å². The zero-order valence-corrected chi connectivity index (χ0v) is 19.6. The second kappa shape index (κ2) is 12.8. The molecule has 1 aromatic carbocycles.